The van der Waals surface area contributed by atoms with E-state index in [-0.39, 0.29) is 16.6 Å². The number of aromatic nitrogens is 4. The van der Waals surface area contributed by atoms with Gasteiger partial charge in [-0.3, -0.25) is 0 Å². The summed E-state index contributed by atoms with van der Waals surface area (Å²) in [6.45, 7) is 4.57. The summed E-state index contributed by atoms with van der Waals surface area (Å²) in [4.78, 5) is 7.45. The van der Waals surface area contributed by atoms with Gasteiger partial charge in [0.2, 0.25) is 5.13 Å². The Morgan fingerprint density at radius 3 is 2.96 bits per heavy atom. The Hall–Kier alpha value is -2.57. The Morgan fingerprint density at radius 1 is 1.44 bits per heavy atom. The first-order chi connectivity index (χ1) is 12.1. The first-order valence-corrected chi connectivity index (χ1v) is 9.34. The standard InChI is InChI=1S/C16H16N6OS2/c1-3-18-15-21-22-16(25-15)24-9(2)13(23)10(8-17)14-19-11-6-4-5-7-12(11)20-14/h4-7,9,23H,3H2,1-2H3,(H,18,21)(H,19,20)/b13-10-/t9-/m1/s1. The summed E-state index contributed by atoms with van der Waals surface area (Å²) in [6, 6.07) is 9.53. The van der Waals surface area contributed by atoms with Crippen molar-refractivity contribution in [2.75, 3.05) is 11.9 Å². The fourth-order valence-electron chi connectivity index (χ4n) is 2.19. The highest BCUT2D eigenvalue weighted by molar-refractivity contribution is 8.01. The number of allylic oxidation sites excluding steroid dienone is 1. The number of aliphatic hydroxyl groups excluding tert-OH is 1. The summed E-state index contributed by atoms with van der Waals surface area (Å²) in [5.41, 5.74) is 1.70. The first-order valence-electron chi connectivity index (χ1n) is 7.64. The number of hydrogen-bond acceptors (Lipinski definition) is 8. The molecule has 1 atom stereocenters. The van der Waals surface area contributed by atoms with E-state index in [0.717, 1.165) is 27.0 Å². The van der Waals surface area contributed by atoms with Gasteiger partial charge in [-0.2, -0.15) is 5.26 Å². The van der Waals surface area contributed by atoms with Crippen LogP contribution in [-0.4, -0.2) is 37.1 Å². The van der Waals surface area contributed by atoms with Crippen molar-refractivity contribution in [2.45, 2.75) is 23.4 Å². The normalized spacial score (nSPS) is 13.3. The number of aromatic amines is 1. The number of rotatable bonds is 6. The molecule has 2 aromatic heterocycles. The van der Waals surface area contributed by atoms with E-state index in [1.807, 2.05) is 44.2 Å². The van der Waals surface area contributed by atoms with Crippen LogP contribution in [-0.2, 0) is 0 Å². The van der Waals surface area contributed by atoms with E-state index in [0.29, 0.717) is 5.82 Å². The van der Waals surface area contributed by atoms with Gasteiger partial charge in [0.25, 0.3) is 0 Å². The van der Waals surface area contributed by atoms with Crippen LogP contribution in [0.5, 0.6) is 0 Å². The van der Waals surface area contributed by atoms with E-state index < -0.39 is 0 Å². The molecule has 0 radical (unpaired) electrons. The van der Waals surface area contributed by atoms with Gasteiger partial charge < -0.3 is 15.4 Å². The van der Waals surface area contributed by atoms with Gasteiger partial charge >= 0.3 is 0 Å². The highest BCUT2D eigenvalue weighted by Crippen LogP contribution is 2.33. The van der Waals surface area contributed by atoms with Crippen LogP contribution < -0.4 is 5.32 Å². The van der Waals surface area contributed by atoms with Crippen molar-refractivity contribution in [1.82, 2.24) is 20.2 Å². The average Bonchev–Trinajstić information content (AvgIpc) is 3.22. The molecule has 0 aliphatic carbocycles. The maximum atomic E-state index is 10.5. The zero-order chi connectivity index (χ0) is 17.8. The van der Waals surface area contributed by atoms with Gasteiger partial charge in [0.05, 0.1) is 16.3 Å². The number of H-pyrrole nitrogens is 1. The van der Waals surface area contributed by atoms with Crippen LogP contribution in [0.2, 0.25) is 0 Å². The molecule has 1 aromatic carbocycles. The summed E-state index contributed by atoms with van der Waals surface area (Å²) in [5, 5.41) is 31.6. The third-order valence-electron chi connectivity index (χ3n) is 3.39. The number of nitriles is 1. The van der Waals surface area contributed by atoms with Crippen LogP contribution in [0.4, 0.5) is 5.13 Å². The van der Waals surface area contributed by atoms with E-state index in [1.54, 1.807) is 0 Å². The van der Waals surface area contributed by atoms with Crippen molar-refractivity contribution in [3.05, 3.63) is 35.8 Å². The molecule has 0 unspecified atom stereocenters. The Kier molecular flexibility index (Phi) is 5.21. The van der Waals surface area contributed by atoms with Gasteiger partial charge in [0.1, 0.15) is 17.4 Å². The summed E-state index contributed by atoms with van der Waals surface area (Å²) in [6.07, 6.45) is 0. The van der Waals surface area contributed by atoms with E-state index >= 15 is 0 Å². The lowest BCUT2D eigenvalue weighted by molar-refractivity contribution is 0.402. The maximum absolute atomic E-state index is 10.5. The number of anilines is 1. The number of para-hydroxylation sites is 2. The minimum Gasteiger partial charge on any atom is -0.510 e. The fourth-order valence-corrected chi connectivity index (χ4v) is 4.22. The van der Waals surface area contributed by atoms with Gasteiger partial charge in [0, 0.05) is 6.54 Å². The number of fused-ring (bicyclic) bond motifs is 1. The highest BCUT2D eigenvalue weighted by atomic mass is 32.2. The molecule has 0 aliphatic rings. The van der Waals surface area contributed by atoms with E-state index in [4.69, 9.17) is 0 Å². The number of benzene rings is 1. The fraction of sp³-hybridized carbons (Fsp3) is 0.250. The molecule has 3 N–H and O–H groups in total. The first kappa shape index (κ1) is 17.3. The number of imidazole rings is 1. The van der Waals surface area contributed by atoms with Crippen LogP contribution >= 0.6 is 23.1 Å². The Bertz CT molecular complexity index is 922. The number of hydrogen-bond donors (Lipinski definition) is 3. The second-order valence-electron chi connectivity index (χ2n) is 5.14. The number of nitrogens with zero attached hydrogens (tertiary/aromatic N) is 4. The van der Waals surface area contributed by atoms with Crippen molar-refractivity contribution in [2.24, 2.45) is 0 Å². The SMILES string of the molecule is CCNc1nnc(S[C@H](C)/C(O)=C(\C#N)c2nc3ccccc3[nH]2)s1. The topological polar surface area (TPSA) is 111 Å². The lowest BCUT2D eigenvalue weighted by Gasteiger charge is -2.09. The number of thioether (sulfide) groups is 1. The zero-order valence-electron chi connectivity index (χ0n) is 13.6. The predicted octanol–water partition coefficient (Wildman–Crippen LogP) is 3.82. The lowest BCUT2D eigenvalue weighted by Crippen LogP contribution is -2.04. The average molecular weight is 372 g/mol. The molecule has 25 heavy (non-hydrogen) atoms. The molecular weight excluding hydrogens is 356 g/mol. The van der Waals surface area contributed by atoms with Gasteiger partial charge in [-0.05, 0) is 26.0 Å². The molecule has 7 nitrogen and oxygen atoms in total. The van der Waals surface area contributed by atoms with Gasteiger partial charge in [-0.25, -0.2) is 4.98 Å². The van der Waals surface area contributed by atoms with Crippen LogP contribution in [0.25, 0.3) is 16.6 Å². The second-order valence-corrected chi connectivity index (χ2v) is 7.70. The van der Waals surface area contributed by atoms with Gasteiger partial charge in [0.15, 0.2) is 10.2 Å². The summed E-state index contributed by atoms with van der Waals surface area (Å²) in [7, 11) is 0. The van der Waals surface area contributed by atoms with E-state index in [9.17, 15) is 10.4 Å². The predicted molar refractivity (Wildman–Crippen MR) is 101 cm³/mol. The molecule has 0 aliphatic heterocycles. The largest absolute Gasteiger partial charge is 0.510 e. The van der Waals surface area contributed by atoms with E-state index in [1.165, 1.54) is 23.1 Å². The third kappa shape index (κ3) is 3.75. The monoisotopic (exact) mass is 372 g/mol. The minimum atomic E-state index is -0.356. The third-order valence-corrected chi connectivity index (χ3v) is 5.47. The van der Waals surface area contributed by atoms with E-state index in [2.05, 4.69) is 25.5 Å². The molecule has 3 aromatic rings. The summed E-state index contributed by atoms with van der Waals surface area (Å²) >= 11 is 2.76. The molecule has 0 spiro atoms. The highest BCUT2D eigenvalue weighted by Gasteiger charge is 2.20. The molecule has 0 bridgehead atoms. The molecule has 0 saturated heterocycles. The molecule has 0 fully saturated rings. The smallest absolute Gasteiger partial charge is 0.206 e. The minimum absolute atomic E-state index is 0.0354. The molecular formula is C16H16N6OS2. The summed E-state index contributed by atoms with van der Waals surface area (Å²) in [5.74, 6) is 0.325. The molecule has 0 amide bonds. The molecule has 128 valence electrons. The number of aliphatic hydroxyl groups is 1. The Morgan fingerprint density at radius 2 is 2.24 bits per heavy atom. The number of nitrogens with one attached hydrogen (secondary N) is 2. The van der Waals surface area contributed by atoms with Crippen molar-refractivity contribution < 1.29 is 5.11 Å². The molecule has 9 heteroatoms. The Balaban J connectivity index is 1.85. The van der Waals surface area contributed by atoms with Crippen LogP contribution in [0, 0.1) is 11.3 Å². The van der Waals surface area contributed by atoms with Crippen LogP contribution in [0.15, 0.2) is 34.4 Å². The summed E-state index contributed by atoms with van der Waals surface area (Å²) < 4.78 is 0.719. The van der Waals surface area contributed by atoms with Crippen molar-refractivity contribution >= 4 is 44.8 Å². The Labute approximate surface area is 152 Å². The lowest BCUT2D eigenvalue weighted by atomic mass is 10.2. The molecule has 2 heterocycles. The van der Waals surface area contributed by atoms with Crippen molar-refractivity contribution in [3.63, 3.8) is 0 Å². The van der Waals surface area contributed by atoms with Crippen molar-refractivity contribution in [1.29, 1.82) is 5.26 Å². The van der Waals surface area contributed by atoms with Crippen LogP contribution in [0.1, 0.15) is 19.7 Å². The van der Waals surface area contributed by atoms with Crippen LogP contribution in [0.3, 0.4) is 0 Å². The van der Waals surface area contributed by atoms with Crippen molar-refractivity contribution in [3.8, 4) is 6.07 Å². The van der Waals surface area contributed by atoms with Gasteiger partial charge in [-0.15, -0.1) is 10.2 Å². The second kappa shape index (κ2) is 7.55. The maximum Gasteiger partial charge on any atom is 0.206 e. The van der Waals surface area contributed by atoms with Gasteiger partial charge in [-0.1, -0.05) is 35.2 Å². The molecule has 0 saturated carbocycles. The molecule has 3 rings (SSSR count). The zero-order valence-corrected chi connectivity index (χ0v) is 15.3. The quantitative estimate of drug-likeness (QED) is 0.343.